The molecule has 0 radical (unpaired) electrons. The summed E-state index contributed by atoms with van der Waals surface area (Å²) in [6.45, 7) is 3.59. The van der Waals surface area contributed by atoms with Gasteiger partial charge in [0.2, 0.25) is 11.9 Å². The first-order valence-corrected chi connectivity index (χ1v) is 14.6. The molecule has 1 fully saturated rings. The van der Waals surface area contributed by atoms with E-state index >= 15 is 0 Å². The quantitative estimate of drug-likeness (QED) is 0.284. The number of anilines is 3. The molecule has 1 aromatic heterocycles. The molecule has 2 heterocycles. The van der Waals surface area contributed by atoms with Crippen LogP contribution in [0.2, 0.25) is 0 Å². The third-order valence-electron chi connectivity index (χ3n) is 6.75. The second-order valence-corrected chi connectivity index (χ2v) is 11.3. The smallest absolute Gasteiger partial charge is 0.262 e. The Bertz CT molecular complexity index is 1720. The number of rotatable bonds is 8. The Morgan fingerprint density at radius 2 is 1.52 bits per heavy atom. The Morgan fingerprint density at radius 1 is 0.857 bits per heavy atom. The van der Waals surface area contributed by atoms with Crippen molar-refractivity contribution in [2.75, 3.05) is 36.2 Å². The molecule has 3 N–H and O–H groups in total. The van der Waals surface area contributed by atoms with Gasteiger partial charge in [-0.05, 0) is 48.5 Å². The van der Waals surface area contributed by atoms with Crippen molar-refractivity contribution in [3.63, 3.8) is 0 Å². The lowest BCUT2D eigenvalue weighted by molar-refractivity contribution is -0.379. The number of nitrogens with zero attached hydrogens (tertiary/aromatic N) is 4. The van der Waals surface area contributed by atoms with Gasteiger partial charge in [-0.15, -0.1) is 0 Å². The minimum Gasteiger partial charge on any atom is -0.339 e. The monoisotopic (exact) mass is 586 g/mol. The maximum Gasteiger partial charge on any atom is 0.262 e. The molecule has 0 spiro atoms. The van der Waals surface area contributed by atoms with E-state index in [0.717, 1.165) is 5.56 Å². The molecule has 5 rings (SSSR count). The van der Waals surface area contributed by atoms with Crippen LogP contribution in [0.25, 0.3) is 11.3 Å². The molecule has 4 aromatic rings. The number of nitroso groups, excluding NO2 is 1. The van der Waals surface area contributed by atoms with Gasteiger partial charge in [-0.2, -0.15) is 0 Å². The van der Waals surface area contributed by atoms with Gasteiger partial charge in [-0.25, -0.2) is 18.4 Å². The van der Waals surface area contributed by atoms with Crippen molar-refractivity contribution in [3.05, 3.63) is 95.5 Å². The van der Waals surface area contributed by atoms with Crippen molar-refractivity contribution in [3.8, 4) is 11.3 Å². The van der Waals surface area contributed by atoms with Gasteiger partial charge in [-0.1, -0.05) is 18.2 Å². The number of amides is 2. The molecule has 13 heteroatoms. The minimum atomic E-state index is -3.89. The first kappa shape index (κ1) is 28.4. The topological polar surface area (TPSA) is 156 Å². The molecule has 1 aliphatic rings. The number of carbonyl (C=O) groups is 2. The lowest BCUT2D eigenvalue weighted by atomic mass is 10.1. The van der Waals surface area contributed by atoms with Crippen LogP contribution < -0.4 is 15.2 Å². The highest BCUT2D eigenvalue weighted by Gasteiger charge is 2.23. The van der Waals surface area contributed by atoms with Gasteiger partial charge in [0.25, 0.3) is 21.6 Å². The lowest BCUT2D eigenvalue weighted by Crippen LogP contribution is -2.55. The van der Waals surface area contributed by atoms with Crippen LogP contribution in [0.1, 0.15) is 17.3 Å². The number of aromatic nitrogens is 2. The highest BCUT2D eigenvalue weighted by atomic mass is 32.2. The highest BCUT2D eigenvalue weighted by molar-refractivity contribution is 7.92. The molecule has 0 unspecified atom stereocenters. The fraction of sp³-hybridized carbons (Fsp3) is 0.172. The zero-order valence-electron chi connectivity index (χ0n) is 22.6. The number of hydrogen-bond acceptors (Lipinski definition) is 8. The van der Waals surface area contributed by atoms with Crippen molar-refractivity contribution in [2.24, 2.45) is 0 Å². The van der Waals surface area contributed by atoms with E-state index in [1.54, 1.807) is 75.8 Å². The summed E-state index contributed by atoms with van der Waals surface area (Å²) in [5.74, 6) is 0.285. The second kappa shape index (κ2) is 12.1. The van der Waals surface area contributed by atoms with Gasteiger partial charge in [0.05, 0.1) is 10.6 Å². The fourth-order valence-electron chi connectivity index (χ4n) is 4.46. The summed E-state index contributed by atoms with van der Waals surface area (Å²) in [6.07, 6.45) is 1.61. The summed E-state index contributed by atoms with van der Waals surface area (Å²) in [4.78, 5) is 47.6. The van der Waals surface area contributed by atoms with Crippen LogP contribution in [0.3, 0.4) is 0 Å². The fourth-order valence-corrected chi connectivity index (χ4v) is 5.57. The molecular formula is C29H28N7O5S+. The Kier molecular flexibility index (Phi) is 8.20. The van der Waals surface area contributed by atoms with E-state index in [-0.39, 0.29) is 22.4 Å². The first-order valence-electron chi connectivity index (χ1n) is 13.1. The number of sulfonamides is 1. The summed E-state index contributed by atoms with van der Waals surface area (Å²) in [5.41, 5.74) is 3.11. The molecule has 0 saturated carbocycles. The first-order chi connectivity index (χ1) is 20.2. The Balaban J connectivity index is 1.22. The maximum atomic E-state index is 12.9. The van der Waals surface area contributed by atoms with E-state index in [4.69, 9.17) is 0 Å². The zero-order valence-corrected chi connectivity index (χ0v) is 23.5. The van der Waals surface area contributed by atoms with Crippen molar-refractivity contribution < 1.29 is 23.2 Å². The van der Waals surface area contributed by atoms with E-state index < -0.39 is 10.0 Å². The molecular weight excluding hydrogens is 558 g/mol. The van der Waals surface area contributed by atoms with Gasteiger partial charge in [0.15, 0.2) is 0 Å². The molecule has 2 amide bonds. The van der Waals surface area contributed by atoms with Crippen LogP contribution >= 0.6 is 0 Å². The van der Waals surface area contributed by atoms with Crippen molar-refractivity contribution in [1.29, 1.82) is 0 Å². The van der Waals surface area contributed by atoms with Crippen molar-refractivity contribution in [2.45, 2.75) is 11.8 Å². The summed E-state index contributed by atoms with van der Waals surface area (Å²) < 4.78 is 27.9. The average Bonchev–Trinajstić information content (AvgIpc) is 3.01. The number of hydrogen-bond donors (Lipinski definition) is 3. The summed E-state index contributed by atoms with van der Waals surface area (Å²) in [6, 6.07) is 21.1. The largest absolute Gasteiger partial charge is 0.339 e. The molecule has 1 saturated heterocycles. The summed E-state index contributed by atoms with van der Waals surface area (Å²) in [7, 11) is -3.89. The molecule has 3 aromatic carbocycles. The van der Waals surface area contributed by atoms with E-state index in [1.807, 2.05) is 0 Å². The molecule has 1 aliphatic heterocycles. The van der Waals surface area contributed by atoms with Crippen LogP contribution in [0.5, 0.6) is 0 Å². The van der Waals surface area contributed by atoms with E-state index in [2.05, 4.69) is 20.0 Å². The van der Waals surface area contributed by atoms with Crippen LogP contribution in [-0.2, 0) is 14.8 Å². The normalized spacial score (nSPS) is 13.4. The number of benzene rings is 3. The Labute approximate surface area is 242 Å². The van der Waals surface area contributed by atoms with Gasteiger partial charge in [0.1, 0.15) is 0 Å². The zero-order chi connectivity index (χ0) is 29.7. The predicted octanol–water partition coefficient (Wildman–Crippen LogP) is 2.47. The number of piperazine rings is 1. The van der Waals surface area contributed by atoms with Crippen LogP contribution in [-0.4, -0.2) is 66.2 Å². The van der Waals surface area contributed by atoms with Crippen molar-refractivity contribution in [1.82, 2.24) is 19.8 Å². The molecule has 0 aliphatic carbocycles. The van der Waals surface area contributed by atoms with Gasteiger partial charge < -0.3 is 15.1 Å². The number of carbonyl (C=O) groups excluding carboxylic acids is 2. The van der Waals surface area contributed by atoms with Gasteiger partial charge >= 0.3 is 0 Å². The summed E-state index contributed by atoms with van der Waals surface area (Å²) >= 11 is 0. The Hall–Kier alpha value is -5.17. The van der Waals surface area contributed by atoms with Crippen LogP contribution in [0, 0.1) is 4.91 Å². The predicted molar refractivity (Wildman–Crippen MR) is 157 cm³/mol. The van der Waals surface area contributed by atoms with Crippen molar-refractivity contribution >= 4 is 44.8 Å². The standard InChI is InChI=1S/C29H27N7O5S/c1-20(37)35-15-17-36(18-16-35)28(38)22-7-9-23(10-8-22)31-29-30-14-13-27(32-29)21-5-11-24(12-6-21)34-42(40,41)26-4-2-3-25(19-26)33-39/h2-14,19,34H,15-18H2,1H3,(H,30,31,32)/p+1. The van der Waals surface area contributed by atoms with E-state index in [1.165, 1.54) is 31.2 Å². The van der Waals surface area contributed by atoms with Crippen LogP contribution in [0.15, 0.2) is 90.0 Å². The van der Waals surface area contributed by atoms with E-state index in [9.17, 15) is 22.9 Å². The average molecular weight is 587 g/mol. The van der Waals surface area contributed by atoms with Crippen LogP contribution in [0.4, 0.5) is 23.0 Å². The third-order valence-corrected chi connectivity index (χ3v) is 8.13. The highest BCUT2D eigenvalue weighted by Crippen LogP contribution is 2.24. The summed E-state index contributed by atoms with van der Waals surface area (Å²) in [5, 5.41) is 4.82. The number of nitrogens with one attached hydrogen (secondary N) is 3. The SMILES string of the molecule is CC(=O)N1CCN(C(=O)c2ccc(Nc3nccc(-c4ccc(NS(=O)(=O)c5cccc([NH+]=O)c5)cc4)n3)cc2)CC1. The van der Waals surface area contributed by atoms with Gasteiger partial charge in [0, 0.05) is 84.0 Å². The third kappa shape index (κ3) is 6.58. The molecule has 12 nitrogen and oxygen atoms in total. The Morgan fingerprint density at radius 3 is 2.19 bits per heavy atom. The van der Waals surface area contributed by atoms with E-state index in [0.29, 0.717) is 54.8 Å². The molecule has 214 valence electrons. The molecule has 0 bridgehead atoms. The minimum absolute atomic E-state index is 0.0158. The second-order valence-electron chi connectivity index (χ2n) is 9.58. The van der Waals surface area contributed by atoms with Gasteiger partial charge in [-0.3, -0.25) is 14.3 Å². The maximum absolute atomic E-state index is 12.9. The molecule has 0 atom stereocenters. The molecule has 42 heavy (non-hydrogen) atoms. The lowest BCUT2D eigenvalue weighted by Gasteiger charge is -2.34.